The molecule has 1 heterocycles. The van der Waals surface area contributed by atoms with Crippen LogP contribution in [0.15, 0.2) is 54.6 Å². The molecule has 0 spiro atoms. The molecule has 2 aromatic carbocycles. The minimum Gasteiger partial charge on any atom is -0.490 e. The van der Waals surface area contributed by atoms with Gasteiger partial charge in [-0.15, -0.1) is 0 Å². The van der Waals surface area contributed by atoms with Gasteiger partial charge >= 0.3 is 0 Å². The van der Waals surface area contributed by atoms with Crippen molar-refractivity contribution < 1.29 is 14.2 Å². The standard InChI is InChI=1S/C19H23NO3/c1-2-22-17-10-6-7-11-18(17)23-19(15-8-4-3-5-9-15)16-14-21-13-12-20-16/h3-11,16,19-20H,2,12-14H2,1H3. The number of ether oxygens (including phenoxy) is 3. The largest absolute Gasteiger partial charge is 0.490 e. The van der Waals surface area contributed by atoms with Gasteiger partial charge in [0, 0.05) is 6.54 Å². The highest BCUT2D eigenvalue weighted by atomic mass is 16.5. The maximum Gasteiger partial charge on any atom is 0.162 e. The molecule has 2 aromatic rings. The molecule has 0 bridgehead atoms. The van der Waals surface area contributed by atoms with E-state index in [4.69, 9.17) is 14.2 Å². The fourth-order valence-corrected chi connectivity index (χ4v) is 2.76. The fraction of sp³-hybridized carbons (Fsp3) is 0.368. The van der Waals surface area contributed by atoms with Gasteiger partial charge in [0.05, 0.1) is 25.9 Å². The van der Waals surface area contributed by atoms with Crippen LogP contribution in [0.5, 0.6) is 11.5 Å². The summed E-state index contributed by atoms with van der Waals surface area (Å²) in [6.45, 7) is 4.80. The monoisotopic (exact) mass is 313 g/mol. The Morgan fingerprint density at radius 3 is 2.52 bits per heavy atom. The van der Waals surface area contributed by atoms with Crippen molar-refractivity contribution in [1.82, 2.24) is 5.32 Å². The lowest BCUT2D eigenvalue weighted by molar-refractivity contribution is 0.0262. The molecule has 1 saturated heterocycles. The summed E-state index contributed by atoms with van der Waals surface area (Å²) in [5.41, 5.74) is 1.13. The average Bonchev–Trinajstić information content (AvgIpc) is 2.63. The molecule has 4 heteroatoms. The number of hydrogen-bond donors (Lipinski definition) is 1. The van der Waals surface area contributed by atoms with Crippen LogP contribution in [-0.2, 0) is 4.74 Å². The number of para-hydroxylation sites is 2. The molecule has 0 saturated carbocycles. The topological polar surface area (TPSA) is 39.7 Å². The average molecular weight is 313 g/mol. The van der Waals surface area contributed by atoms with Gasteiger partial charge in [0.1, 0.15) is 6.10 Å². The van der Waals surface area contributed by atoms with Crippen LogP contribution < -0.4 is 14.8 Å². The van der Waals surface area contributed by atoms with Crippen LogP contribution in [0, 0.1) is 0 Å². The molecule has 3 rings (SSSR count). The zero-order chi connectivity index (χ0) is 15.9. The molecule has 1 N–H and O–H groups in total. The highest BCUT2D eigenvalue weighted by Crippen LogP contribution is 2.33. The first-order valence-corrected chi connectivity index (χ1v) is 8.13. The summed E-state index contributed by atoms with van der Waals surface area (Å²) in [5.74, 6) is 1.53. The first-order valence-electron chi connectivity index (χ1n) is 8.13. The Balaban J connectivity index is 1.86. The van der Waals surface area contributed by atoms with Gasteiger partial charge in [-0.2, -0.15) is 0 Å². The number of benzene rings is 2. The number of rotatable bonds is 6. The Labute approximate surface area is 137 Å². The quantitative estimate of drug-likeness (QED) is 0.889. The zero-order valence-corrected chi connectivity index (χ0v) is 13.4. The summed E-state index contributed by atoms with van der Waals surface area (Å²) in [7, 11) is 0. The van der Waals surface area contributed by atoms with E-state index in [1.165, 1.54) is 0 Å². The van der Waals surface area contributed by atoms with Crippen molar-refractivity contribution in [3.05, 3.63) is 60.2 Å². The molecular weight excluding hydrogens is 290 g/mol. The number of nitrogens with one attached hydrogen (secondary N) is 1. The smallest absolute Gasteiger partial charge is 0.162 e. The van der Waals surface area contributed by atoms with E-state index in [0.717, 1.165) is 30.2 Å². The Bertz CT molecular complexity index is 597. The molecule has 2 unspecified atom stereocenters. The van der Waals surface area contributed by atoms with E-state index in [-0.39, 0.29) is 12.1 Å². The van der Waals surface area contributed by atoms with Crippen LogP contribution >= 0.6 is 0 Å². The number of morpholine rings is 1. The van der Waals surface area contributed by atoms with Crippen molar-refractivity contribution in [2.45, 2.75) is 19.1 Å². The predicted octanol–water partition coefficient (Wildman–Crippen LogP) is 3.19. The third-order valence-corrected chi connectivity index (χ3v) is 3.85. The molecule has 1 aliphatic rings. The van der Waals surface area contributed by atoms with E-state index in [1.54, 1.807) is 0 Å². The molecule has 122 valence electrons. The van der Waals surface area contributed by atoms with E-state index in [1.807, 2.05) is 49.4 Å². The SMILES string of the molecule is CCOc1ccccc1OC(c1ccccc1)C1COCCN1. The van der Waals surface area contributed by atoms with Crippen molar-refractivity contribution in [2.24, 2.45) is 0 Å². The second kappa shape index (κ2) is 7.99. The van der Waals surface area contributed by atoms with Crippen LogP contribution in [0.4, 0.5) is 0 Å². The van der Waals surface area contributed by atoms with E-state index in [2.05, 4.69) is 17.4 Å². The summed E-state index contributed by atoms with van der Waals surface area (Å²) in [6, 6.07) is 18.2. The van der Waals surface area contributed by atoms with Crippen molar-refractivity contribution in [3.63, 3.8) is 0 Å². The fourth-order valence-electron chi connectivity index (χ4n) is 2.76. The van der Waals surface area contributed by atoms with Gasteiger partial charge in [0.15, 0.2) is 11.5 Å². The van der Waals surface area contributed by atoms with E-state index in [0.29, 0.717) is 13.2 Å². The lowest BCUT2D eigenvalue weighted by atomic mass is 10.0. The summed E-state index contributed by atoms with van der Waals surface area (Å²) >= 11 is 0. The minimum atomic E-state index is -0.127. The van der Waals surface area contributed by atoms with Gasteiger partial charge in [-0.25, -0.2) is 0 Å². The van der Waals surface area contributed by atoms with Crippen molar-refractivity contribution in [3.8, 4) is 11.5 Å². The molecule has 23 heavy (non-hydrogen) atoms. The predicted molar refractivity (Wildman–Crippen MR) is 90.0 cm³/mol. The molecule has 4 nitrogen and oxygen atoms in total. The Kier molecular flexibility index (Phi) is 5.51. The lowest BCUT2D eigenvalue weighted by Crippen LogP contribution is -2.46. The summed E-state index contributed by atoms with van der Waals surface area (Å²) in [6.07, 6.45) is -0.127. The van der Waals surface area contributed by atoms with Crippen LogP contribution in [0.1, 0.15) is 18.6 Å². The van der Waals surface area contributed by atoms with E-state index < -0.39 is 0 Å². The van der Waals surface area contributed by atoms with E-state index >= 15 is 0 Å². The van der Waals surface area contributed by atoms with Gasteiger partial charge in [-0.1, -0.05) is 42.5 Å². The van der Waals surface area contributed by atoms with Crippen molar-refractivity contribution in [2.75, 3.05) is 26.4 Å². The zero-order valence-electron chi connectivity index (χ0n) is 13.4. The first-order chi connectivity index (χ1) is 11.4. The Hall–Kier alpha value is -2.04. The van der Waals surface area contributed by atoms with Crippen LogP contribution in [0.25, 0.3) is 0 Å². The van der Waals surface area contributed by atoms with Gasteiger partial charge in [-0.05, 0) is 24.6 Å². The third-order valence-electron chi connectivity index (χ3n) is 3.85. The second-order valence-corrected chi connectivity index (χ2v) is 5.46. The highest BCUT2D eigenvalue weighted by Gasteiger charge is 2.28. The van der Waals surface area contributed by atoms with Gasteiger partial charge < -0.3 is 19.5 Å². The summed E-state index contributed by atoms with van der Waals surface area (Å²) in [4.78, 5) is 0. The number of hydrogen-bond acceptors (Lipinski definition) is 4. The Morgan fingerprint density at radius 2 is 1.83 bits per heavy atom. The van der Waals surface area contributed by atoms with Crippen LogP contribution in [0.3, 0.4) is 0 Å². The highest BCUT2D eigenvalue weighted by molar-refractivity contribution is 5.40. The molecule has 0 aliphatic carbocycles. The first kappa shape index (κ1) is 15.8. The Morgan fingerprint density at radius 1 is 1.09 bits per heavy atom. The van der Waals surface area contributed by atoms with Gasteiger partial charge in [0.2, 0.25) is 0 Å². The van der Waals surface area contributed by atoms with Gasteiger partial charge in [-0.3, -0.25) is 0 Å². The molecule has 0 aromatic heterocycles. The second-order valence-electron chi connectivity index (χ2n) is 5.46. The molecule has 2 atom stereocenters. The van der Waals surface area contributed by atoms with Crippen LogP contribution in [0.2, 0.25) is 0 Å². The molecule has 1 aliphatic heterocycles. The van der Waals surface area contributed by atoms with Crippen molar-refractivity contribution >= 4 is 0 Å². The maximum absolute atomic E-state index is 6.36. The maximum atomic E-state index is 6.36. The lowest BCUT2D eigenvalue weighted by Gasteiger charge is -2.32. The van der Waals surface area contributed by atoms with Crippen LogP contribution in [-0.4, -0.2) is 32.4 Å². The summed E-state index contributed by atoms with van der Waals surface area (Å²) in [5, 5.41) is 3.50. The molecule has 0 amide bonds. The van der Waals surface area contributed by atoms with Gasteiger partial charge in [0.25, 0.3) is 0 Å². The normalized spacial score (nSPS) is 19.1. The third kappa shape index (κ3) is 4.03. The molecule has 0 radical (unpaired) electrons. The molecular formula is C19H23NO3. The minimum absolute atomic E-state index is 0.112. The summed E-state index contributed by atoms with van der Waals surface area (Å²) < 4.78 is 17.7. The van der Waals surface area contributed by atoms with E-state index in [9.17, 15) is 0 Å². The molecule has 1 fully saturated rings. The van der Waals surface area contributed by atoms with Crippen molar-refractivity contribution in [1.29, 1.82) is 0 Å².